The lowest BCUT2D eigenvalue weighted by Gasteiger charge is -2.19. The smallest absolute Gasteiger partial charge is 0.316 e. The lowest BCUT2D eigenvalue weighted by atomic mass is 10.2. The fraction of sp³-hybridized carbons (Fsp3) is 0.308. The summed E-state index contributed by atoms with van der Waals surface area (Å²) in [5.74, 6) is -2.86. The van der Waals surface area contributed by atoms with Crippen LogP contribution in [0, 0.1) is 0 Å². The zero-order valence-electron chi connectivity index (χ0n) is 11.3. The van der Waals surface area contributed by atoms with Crippen molar-refractivity contribution in [1.29, 1.82) is 0 Å². The molecule has 0 aliphatic heterocycles. The van der Waals surface area contributed by atoms with Crippen molar-refractivity contribution in [3.05, 3.63) is 29.8 Å². The van der Waals surface area contributed by atoms with Crippen LogP contribution in [0.15, 0.2) is 24.3 Å². The van der Waals surface area contributed by atoms with Crippen LogP contribution in [0.3, 0.4) is 0 Å². The van der Waals surface area contributed by atoms with Crippen LogP contribution in [0.4, 0.5) is 5.69 Å². The molecule has 114 valence electrons. The predicted molar refractivity (Wildman–Crippen MR) is 74.1 cm³/mol. The molecule has 0 aliphatic rings. The Kier molecular flexibility index (Phi) is 6.31. The highest BCUT2D eigenvalue weighted by Gasteiger charge is 2.23. The molecule has 0 atom stereocenters. The van der Waals surface area contributed by atoms with Crippen molar-refractivity contribution in [2.24, 2.45) is 0 Å². The third kappa shape index (κ3) is 4.86. The van der Waals surface area contributed by atoms with Crippen LogP contribution < -0.4 is 11.1 Å². The van der Waals surface area contributed by atoms with Gasteiger partial charge in [0.2, 0.25) is 0 Å². The first-order chi connectivity index (χ1) is 9.99. The van der Waals surface area contributed by atoms with E-state index < -0.39 is 17.7 Å². The Morgan fingerprint density at radius 1 is 1.05 bits per heavy atom. The number of aliphatic hydroxyl groups is 2. The number of anilines is 1. The summed E-state index contributed by atoms with van der Waals surface area (Å²) in [4.78, 5) is 36.2. The Bertz CT molecular complexity index is 509. The lowest BCUT2D eigenvalue weighted by molar-refractivity contribution is -0.146. The zero-order valence-corrected chi connectivity index (χ0v) is 11.3. The van der Waals surface area contributed by atoms with Gasteiger partial charge in [0, 0.05) is 24.3 Å². The van der Waals surface area contributed by atoms with Gasteiger partial charge in [-0.05, 0) is 24.3 Å². The van der Waals surface area contributed by atoms with Crippen LogP contribution in [0.2, 0.25) is 0 Å². The number of nitrogens with zero attached hydrogens (tertiary/aromatic N) is 1. The number of aliphatic hydroxyl groups excluding tert-OH is 2. The summed E-state index contributed by atoms with van der Waals surface area (Å²) in [7, 11) is 0. The first kappa shape index (κ1) is 16.6. The number of nitrogens with two attached hydrogens (primary N) is 1. The Labute approximate surface area is 121 Å². The topological polar surface area (TPSA) is 133 Å². The molecular formula is C13H17N3O5. The van der Waals surface area contributed by atoms with Crippen LogP contribution in [0.25, 0.3) is 0 Å². The highest BCUT2D eigenvalue weighted by molar-refractivity contribution is 6.38. The summed E-state index contributed by atoms with van der Waals surface area (Å²) >= 11 is 0. The van der Waals surface area contributed by atoms with Gasteiger partial charge in [-0.3, -0.25) is 19.7 Å². The highest BCUT2D eigenvalue weighted by atomic mass is 16.3. The molecule has 1 rings (SSSR count). The van der Waals surface area contributed by atoms with Crippen molar-refractivity contribution >= 4 is 23.4 Å². The largest absolute Gasteiger partial charge is 0.399 e. The van der Waals surface area contributed by atoms with Gasteiger partial charge in [-0.2, -0.15) is 0 Å². The average Bonchev–Trinajstić information content (AvgIpc) is 2.46. The molecule has 0 unspecified atom stereocenters. The molecule has 0 aromatic heterocycles. The second-order valence-corrected chi connectivity index (χ2v) is 4.14. The van der Waals surface area contributed by atoms with E-state index in [1.807, 2.05) is 5.32 Å². The molecule has 0 aliphatic carbocycles. The van der Waals surface area contributed by atoms with Crippen LogP contribution in [0.1, 0.15) is 10.4 Å². The van der Waals surface area contributed by atoms with E-state index in [1.165, 1.54) is 24.3 Å². The quantitative estimate of drug-likeness (QED) is 0.379. The van der Waals surface area contributed by atoms with Gasteiger partial charge in [-0.25, -0.2) is 0 Å². The second-order valence-electron chi connectivity index (χ2n) is 4.14. The number of nitrogens with one attached hydrogen (secondary N) is 1. The van der Waals surface area contributed by atoms with E-state index >= 15 is 0 Å². The normalized spacial score (nSPS) is 10.0. The Hall–Kier alpha value is -2.45. The maximum absolute atomic E-state index is 11.8. The monoisotopic (exact) mass is 295 g/mol. The maximum Gasteiger partial charge on any atom is 0.316 e. The summed E-state index contributed by atoms with van der Waals surface area (Å²) in [6.07, 6.45) is 0. The van der Waals surface area contributed by atoms with Crippen LogP contribution >= 0.6 is 0 Å². The summed E-state index contributed by atoms with van der Waals surface area (Å²) < 4.78 is 0. The molecule has 8 nitrogen and oxygen atoms in total. The molecule has 8 heteroatoms. The first-order valence-electron chi connectivity index (χ1n) is 6.21. The van der Waals surface area contributed by atoms with Gasteiger partial charge >= 0.3 is 11.8 Å². The third-order valence-corrected chi connectivity index (χ3v) is 2.62. The summed E-state index contributed by atoms with van der Waals surface area (Å²) in [6.45, 7) is -0.929. The Morgan fingerprint density at radius 2 is 1.57 bits per heavy atom. The van der Waals surface area contributed by atoms with Gasteiger partial charge < -0.3 is 20.8 Å². The molecule has 1 aromatic carbocycles. The number of amides is 3. The second kappa shape index (κ2) is 7.98. The van der Waals surface area contributed by atoms with E-state index in [0.29, 0.717) is 5.69 Å². The molecule has 5 N–H and O–H groups in total. The van der Waals surface area contributed by atoms with Gasteiger partial charge in [-0.15, -0.1) is 0 Å². The van der Waals surface area contributed by atoms with E-state index in [4.69, 9.17) is 15.9 Å². The zero-order chi connectivity index (χ0) is 15.8. The number of rotatable bonds is 5. The van der Waals surface area contributed by atoms with Crippen molar-refractivity contribution in [1.82, 2.24) is 10.2 Å². The van der Waals surface area contributed by atoms with Gasteiger partial charge in [0.25, 0.3) is 5.91 Å². The number of imide groups is 1. The maximum atomic E-state index is 11.8. The number of nitrogen functional groups attached to an aromatic ring is 1. The minimum Gasteiger partial charge on any atom is -0.399 e. The van der Waals surface area contributed by atoms with E-state index in [1.54, 1.807) is 0 Å². The standard InChI is InChI=1S/C13H17N3O5/c14-10-3-1-9(2-4-10)11(19)15-12(20)13(21)16(5-7-17)6-8-18/h1-4,17-18H,5-8,14H2,(H,15,19,20). The lowest BCUT2D eigenvalue weighted by Crippen LogP contribution is -2.47. The van der Waals surface area contributed by atoms with Crippen molar-refractivity contribution < 1.29 is 24.6 Å². The van der Waals surface area contributed by atoms with Gasteiger partial charge in [0.1, 0.15) is 0 Å². The Morgan fingerprint density at radius 3 is 2.05 bits per heavy atom. The molecule has 0 spiro atoms. The van der Waals surface area contributed by atoms with Crippen molar-refractivity contribution in [3.63, 3.8) is 0 Å². The number of hydrogen-bond donors (Lipinski definition) is 4. The predicted octanol–water partition coefficient (Wildman–Crippen LogP) is -1.66. The van der Waals surface area contributed by atoms with Crippen molar-refractivity contribution in [2.75, 3.05) is 32.0 Å². The Balaban J connectivity index is 2.68. The van der Waals surface area contributed by atoms with Crippen molar-refractivity contribution in [2.45, 2.75) is 0 Å². The van der Waals surface area contributed by atoms with Crippen LogP contribution in [-0.2, 0) is 9.59 Å². The minimum atomic E-state index is -1.13. The number of benzene rings is 1. The summed E-state index contributed by atoms with van der Waals surface area (Å²) in [5.41, 5.74) is 6.12. The first-order valence-corrected chi connectivity index (χ1v) is 6.21. The number of carbonyl (C=O) groups excluding carboxylic acids is 3. The molecule has 21 heavy (non-hydrogen) atoms. The summed E-state index contributed by atoms with van der Waals surface area (Å²) in [6, 6.07) is 5.82. The van der Waals surface area contributed by atoms with E-state index in [-0.39, 0.29) is 31.9 Å². The molecule has 3 amide bonds. The van der Waals surface area contributed by atoms with Gasteiger partial charge in [0.05, 0.1) is 13.2 Å². The van der Waals surface area contributed by atoms with E-state index in [2.05, 4.69) is 0 Å². The SMILES string of the molecule is Nc1ccc(C(=O)NC(=O)C(=O)N(CCO)CCO)cc1. The molecule has 0 radical (unpaired) electrons. The molecule has 1 aromatic rings. The minimum absolute atomic E-state index is 0.108. The van der Waals surface area contributed by atoms with Gasteiger partial charge in [0.15, 0.2) is 0 Å². The highest BCUT2D eigenvalue weighted by Crippen LogP contribution is 2.05. The third-order valence-electron chi connectivity index (χ3n) is 2.62. The molecule has 0 heterocycles. The molecule has 0 saturated heterocycles. The molecule has 0 bridgehead atoms. The van der Waals surface area contributed by atoms with E-state index in [9.17, 15) is 14.4 Å². The van der Waals surface area contributed by atoms with E-state index in [0.717, 1.165) is 4.90 Å². The van der Waals surface area contributed by atoms with Gasteiger partial charge in [-0.1, -0.05) is 0 Å². The molecule has 0 saturated carbocycles. The fourth-order valence-corrected chi connectivity index (χ4v) is 1.56. The average molecular weight is 295 g/mol. The number of hydrogen-bond acceptors (Lipinski definition) is 6. The van der Waals surface area contributed by atoms with Crippen LogP contribution in [0.5, 0.6) is 0 Å². The van der Waals surface area contributed by atoms with Crippen LogP contribution in [-0.4, -0.2) is 59.1 Å². The molecular weight excluding hydrogens is 278 g/mol. The number of carbonyl (C=O) groups is 3. The fourth-order valence-electron chi connectivity index (χ4n) is 1.56. The molecule has 0 fully saturated rings. The van der Waals surface area contributed by atoms with Crippen molar-refractivity contribution in [3.8, 4) is 0 Å². The summed E-state index contributed by atoms with van der Waals surface area (Å²) in [5, 5.41) is 19.5.